The minimum atomic E-state index is -1.17. The second-order valence-electron chi connectivity index (χ2n) is 12.6. The summed E-state index contributed by atoms with van der Waals surface area (Å²) in [6.45, 7) is 8.06. The summed E-state index contributed by atoms with van der Waals surface area (Å²) < 4.78 is 14.7. The quantitative estimate of drug-likeness (QED) is 0.429. The van der Waals surface area contributed by atoms with Crippen molar-refractivity contribution in [3.63, 3.8) is 0 Å². The lowest BCUT2D eigenvalue weighted by Gasteiger charge is -2.41. The first-order valence-corrected chi connectivity index (χ1v) is 13.5. The van der Waals surface area contributed by atoms with Crippen LogP contribution in [-0.2, 0) is 15.0 Å². The number of Topliss-reactive ketones (excluding diaryl/α,β-unsaturated/α-hetero) is 1. The van der Waals surface area contributed by atoms with Crippen LogP contribution in [0.4, 0.5) is 10.1 Å². The van der Waals surface area contributed by atoms with Crippen molar-refractivity contribution in [3.8, 4) is 0 Å². The van der Waals surface area contributed by atoms with Gasteiger partial charge in [0.15, 0.2) is 5.78 Å². The van der Waals surface area contributed by atoms with E-state index in [-0.39, 0.29) is 34.5 Å². The molecule has 198 valence electrons. The van der Waals surface area contributed by atoms with E-state index in [0.717, 1.165) is 5.56 Å². The van der Waals surface area contributed by atoms with E-state index in [2.05, 4.69) is 31.4 Å². The minimum absolute atomic E-state index is 0.0446. The second-order valence-corrected chi connectivity index (χ2v) is 13.5. The number of ketones is 1. The Morgan fingerprint density at radius 1 is 1.14 bits per heavy atom. The van der Waals surface area contributed by atoms with Crippen molar-refractivity contribution in [2.45, 2.75) is 82.4 Å². The molecule has 4 atom stereocenters. The highest BCUT2D eigenvalue weighted by molar-refractivity contribution is 6.31. The van der Waals surface area contributed by atoms with E-state index in [0.29, 0.717) is 35.5 Å². The Kier molecular flexibility index (Phi) is 6.51. The van der Waals surface area contributed by atoms with E-state index in [1.54, 1.807) is 25.1 Å². The van der Waals surface area contributed by atoms with Crippen molar-refractivity contribution in [1.82, 2.24) is 5.32 Å². The van der Waals surface area contributed by atoms with Gasteiger partial charge in [-0.15, -0.1) is 0 Å². The van der Waals surface area contributed by atoms with Crippen molar-refractivity contribution in [1.29, 1.82) is 0 Å². The number of carbonyl (C=O) groups is 2. The van der Waals surface area contributed by atoms with E-state index >= 15 is 0 Å². The highest BCUT2D eigenvalue weighted by Crippen LogP contribution is 2.57. The predicted molar refractivity (Wildman–Crippen MR) is 144 cm³/mol. The number of anilines is 1. The molecule has 3 N–H and O–H groups in total. The molecule has 2 aliphatic heterocycles. The van der Waals surface area contributed by atoms with E-state index in [4.69, 9.17) is 23.2 Å². The molecule has 2 fully saturated rings. The number of hydrogen-bond donors (Lipinski definition) is 3. The molecule has 8 heteroatoms. The summed E-state index contributed by atoms with van der Waals surface area (Å²) in [6.07, 6.45) is 1.99. The van der Waals surface area contributed by atoms with Crippen molar-refractivity contribution in [3.05, 3.63) is 63.4 Å². The van der Waals surface area contributed by atoms with Crippen molar-refractivity contribution >= 4 is 40.6 Å². The van der Waals surface area contributed by atoms with Gasteiger partial charge >= 0.3 is 0 Å². The van der Waals surface area contributed by atoms with Crippen LogP contribution in [0.2, 0.25) is 10.0 Å². The van der Waals surface area contributed by atoms with Crippen molar-refractivity contribution in [2.75, 3.05) is 5.32 Å². The lowest BCUT2D eigenvalue weighted by atomic mass is 9.61. The lowest BCUT2D eigenvalue weighted by Crippen LogP contribution is -2.49. The van der Waals surface area contributed by atoms with E-state index in [1.165, 1.54) is 12.1 Å². The Morgan fingerprint density at radius 2 is 1.84 bits per heavy atom. The van der Waals surface area contributed by atoms with Crippen LogP contribution in [0.25, 0.3) is 0 Å². The van der Waals surface area contributed by atoms with Crippen LogP contribution in [0.1, 0.15) is 70.4 Å². The average molecular weight is 547 g/mol. The Morgan fingerprint density at radius 3 is 2.46 bits per heavy atom. The highest BCUT2D eigenvalue weighted by Gasteiger charge is 2.65. The summed E-state index contributed by atoms with van der Waals surface area (Å²) in [5.41, 5.74) is -0.233. The van der Waals surface area contributed by atoms with Gasteiger partial charge in [-0.05, 0) is 79.0 Å². The molecule has 3 aliphatic rings. The smallest absolute Gasteiger partial charge is 0.237 e. The summed E-state index contributed by atoms with van der Waals surface area (Å²) >= 11 is 12.6. The molecule has 0 unspecified atom stereocenters. The molecule has 0 radical (unpaired) electrons. The SMILES string of the molecule is CC(C)(C)C[C@@H]1N[C@@H](C(=O)CC2CC(C)(O)C2)[C@H](c2cc(F)cc(Cl)c2)[C@]12C(=O)Nc1cc(Cl)ccc12. The monoisotopic (exact) mass is 546 g/mol. The van der Waals surface area contributed by atoms with Gasteiger partial charge in [0.05, 0.1) is 11.6 Å². The minimum Gasteiger partial charge on any atom is -0.390 e. The van der Waals surface area contributed by atoms with Crippen LogP contribution in [0, 0.1) is 17.2 Å². The van der Waals surface area contributed by atoms with Gasteiger partial charge < -0.3 is 15.7 Å². The Labute approximate surface area is 227 Å². The largest absolute Gasteiger partial charge is 0.390 e. The molecule has 1 saturated carbocycles. The van der Waals surface area contributed by atoms with E-state index in [1.807, 2.05) is 6.07 Å². The molecule has 2 aromatic carbocycles. The third-order valence-electron chi connectivity index (χ3n) is 8.16. The molecule has 1 amide bonds. The first kappa shape index (κ1) is 26.6. The van der Waals surface area contributed by atoms with Crippen LogP contribution < -0.4 is 10.6 Å². The zero-order chi connectivity index (χ0) is 26.9. The number of rotatable bonds is 5. The standard InChI is InChI=1S/C29H33Cl2FN2O3/c1-27(2,3)14-23-29(20-6-5-17(30)11-21(20)33-26(29)36)24(16-8-18(31)10-19(32)9-16)25(34-23)22(35)7-15-12-28(4,37)13-15/h5-6,8-11,15,23-25,34,37H,7,12-14H2,1-4H3,(H,33,36)/t15?,23-,24-,25-,28?,29+/m0/s1. The zero-order valence-corrected chi connectivity index (χ0v) is 23.0. The molecule has 0 bridgehead atoms. The number of carbonyl (C=O) groups excluding carboxylic acids is 2. The maximum atomic E-state index is 14.7. The van der Waals surface area contributed by atoms with E-state index in [9.17, 15) is 19.1 Å². The Hall–Kier alpha value is -1.99. The van der Waals surface area contributed by atoms with Crippen LogP contribution in [-0.4, -0.2) is 34.5 Å². The molecule has 5 nitrogen and oxygen atoms in total. The van der Waals surface area contributed by atoms with Crippen molar-refractivity contribution in [2.24, 2.45) is 11.3 Å². The molecule has 1 aliphatic carbocycles. The summed E-state index contributed by atoms with van der Waals surface area (Å²) in [7, 11) is 0. The number of halogens is 3. The molecule has 2 aromatic rings. The predicted octanol–water partition coefficient (Wildman–Crippen LogP) is 6.00. The third-order valence-corrected chi connectivity index (χ3v) is 8.61. The van der Waals surface area contributed by atoms with Crippen molar-refractivity contribution < 1.29 is 19.1 Å². The van der Waals surface area contributed by atoms with Gasteiger partial charge in [0.1, 0.15) is 11.2 Å². The zero-order valence-electron chi connectivity index (χ0n) is 21.5. The summed E-state index contributed by atoms with van der Waals surface area (Å²) in [4.78, 5) is 28.0. The van der Waals surface area contributed by atoms with Gasteiger partial charge in [-0.3, -0.25) is 9.59 Å². The molecule has 2 heterocycles. The molecule has 1 spiro atoms. The fourth-order valence-electron chi connectivity index (χ4n) is 6.97. The van der Waals surface area contributed by atoms with Gasteiger partial charge in [0.25, 0.3) is 0 Å². The summed E-state index contributed by atoms with van der Waals surface area (Å²) in [5, 5.41) is 17.5. The molecule has 0 aromatic heterocycles. The lowest BCUT2D eigenvalue weighted by molar-refractivity contribution is -0.126. The van der Waals surface area contributed by atoms with Crippen LogP contribution in [0.3, 0.4) is 0 Å². The fourth-order valence-corrected chi connectivity index (χ4v) is 7.37. The Balaban J connectivity index is 1.68. The molecular weight excluding hydrogens is 514 g/mol. The van der Waals surface area contributed by atoms with E-state index < -0.39 is 34.8 Å². The van der Waals surface area contributed by atoms with Gasteiger partial charge in [0.2, 0.25) is 5.91 Å². The number of amides is 1. The maximum Gasteiger partial charge on any atom is 0.237 e. The molecule has 37 heavy (non-hydrogen) atoms. The summed E-state index contributed by atoms with van der Waals surface area (Å²) in [5.74, 6) is -1.42. The van der Waals surface area contributed by atoms with Gasteiger partial charge in [-0.1, -0.05) is 50.0 Å². The van der Waals surface area contributed by atoms with Gasteiger partial charge in [-0.25, -0.2) is 4.39 Å². The van der Waals surface area contributed by atoms with Gasteiger partial charge in [0, 0.05) is 34.1 Å². The topological polar surface area (TPSA) is 78.4 Å². The molecule has 5 rings (SSSR count). The van der Waals surface area contributed by atoms with Crippen LogP contribution >= 0.6 is 23.2 Å². The average Bonchev–Trinajstić information content (AvgIpc) is 3.20. The second kappa shape index (κ2) is 9.04. The maximum absolute atomic E-state index is 14.7. The number of benzene rings is 2. The first-order chi connectivity index (χ1) is 17.2. The molecular formula is C29H33Cl2FN2O3. The van der Waals surface area contributed by atoms with Crippen LogP contribution in [0.5, 0.6) is 0 Å². The normalized spacial score (nSPS) is 32.8. The summed E-state index contributed by atoms with van der Waals surface area (Å²) in [6, 6.07) is 8.45. The van der Waals surface area contributed by atoms with Gasteiger partial charge in [-0.2, -0.15) is 0 Å². The third kappa shape index (κ3) is 4.71. The number of hydrogen-bond acceptors (Lipinski definition) is 4. The number of nitrogens with one attached hydrogen (secondary N) is 2. The first-order valence-electron chi connectivity index (χ1n) is 12.8. The number of aliphatic hydroxyl groups is 1. The number of fused-ring (bicyclic) bond motifs is 2. The molecule has 1 saturated heterocycles. The fraction of sp³-hybridized carbons (Fsp3) is 0.517. The highest BCUT2D eigenvalue weighted by atomic mass is 35.5. The Bertz CT molecular complexity index is 1250. The van der Waals surface area contributed by atoms with Crippen LogP contribution in [0.15, 0.2) is 36.4 Å².